The van der Waals surface area contributed by atoms with Gasteiger partial charge in [-0.15, -0.1) is 0 Å². The van der Waals surface area contributed by atoms with Gasteiger partial charge in [-0.2, -0.15) is 4.98 Å². The number of aromatic nitrogens is 2. The van der Waals surface area contributed by atoms with E-state index in [1.807, 2.05) is 62.4 Å². The molecule has 1 heterocycles. The van der Waals surface area contributed by atoms with Crippen molar-refractivity contribution in [3.8, 4) is 11.4 Å². The molecule has 1 fully saturated rings. The Morgan fingerprint density at radius 3 is 2.50 bits per heavy atom. The maximum absolute atomic E-state index is 13.1. The van der Waals surface area contributed by atoms with E-state index in [4.69, 9.17) is 4.52 Å². The maximum atomic E-state index is 13.1. The third kappa shape index (κ3) is 4.42. The van der Waals surface area contributed by atoms with E-state index < -0.39 is 0 Å². The molecule has 166 valence electrons. The van der Waals surface area contributed by atoms with Gasteiger partial charge in [-0.1, -0.05) is 53.2 Å². The van der Waals surface area contributed by atoms with E-state index in [0.717, 1.165) is 16.7 Å². The summed E-state index contributed by atoms with van der Waals surface area (Å²) in [5, 5.41) is 7.28. The first-order valence-electron chi connectivity index (χ1n) is 10.8. The van der Waals surface area contributed by atoms with Gasteiger partial charge in [0.1, 0.15) is 0 Å². The summed E-state index contributed by atoms with van der Waals surface area (Å²) in [4.78, 5) is 32.0. The van der Waals surface area contributed by atoms with Gasteiger partial charge in [0.15, 0.2) is 0 Å². The highest BCUT2D eigenvalue weighted by Gasteiger charge is 2.43. The minimum atomic E-state index is -0.277. The Labute approximate surface area is 187 Å². The van der Waals surface area contributed by atoms with Crippen LogP contribution >= 0.6 is 0 Å². The maximum Gasteiger partial charge on any atom is 0.251 e. The van der Waals surface area contributed by atoms with Gasteiger partial charge >= 0.3 is 0 Å². The fourth-order valence-electron chi connectivity index (χ4n) is 4.44. The summed E-state index contributed by atoms with van der Waals surface area (Å²) in [6, 6.07) is 15.1. The number of aryl methyl sites for hydroxylation is 2. The standard InChI is InChI=1S/C25H28N4O3/c1-15-10-11-19(16(2)12-15)23(30)26-21-14-18(25(31)29(3)4)13-20(21)24-27-22(28-32-24)17-8-6-5-7-9-17/h5-12,18,20-21H,13-14H2,1-4H3,(H,26,30)/t18-,20-,21+/m1/s1. The van der Waals surface area contributed by atoms with Crippen LogP contribution in [-0.4, -0.2) is 47.0 Å². The Hall–Kier alpha value is -3.48. The Balaban J connectivity index is 1.60. The van der Waals surface area contributed by atoms with Crippen molar-refractivity contribution < 1.29 is 14.1 Å². The smallest absolute Gasteiger partial charge is 0.251 e. The predicted octanol–water partition coefficient (Wildman–Crippen LogP) is 3.73. The van der Waals surface area contributed by atoms with Gasteiger partial charge in [0, 0.05) is 37.2 Å². The second kappa shape index (κ2) is 8.94. The minimum absolute atomic E-state index is 0.0427. The highest BCUT2D eigenvalue weighted by molar-refractivity contribution is 5.96. The van der Waals surface area contributed by atoms with Gasteiger partial charge in [-0.05, 0) is 38.3 Å². The van der Waals surface area contributed by atoms with E-state index in [0.29, 0.717) is 30.1 Å². The van der Waals surface area contributed by atoms with Crippen LogP contribution in [0.4, 0.5) is 0 Å². The van der Waals surface area contributed by atoms with E-state index >= 15 is 0 Å². The first-order chi connectivity index (χ1) is 15.3. The molecular weight excluding hydrogens is 404 g/mol. The fourth-order valence-corrected chi connectivity index (χ4v) is 4.44. The molecule has 2 aromatic carbocycles. The highest BCUT2D eigenvalue weighted by atomic mass is 16.5. The Morgan fingerprint density at radius 1 is 1.06 bits per heavy atom. The monoisotopic (exact) mass is 432 g/mol. The summed E-state index contributed by atoms with van der Waals surface area (Å²) < 4.78 is 5.61. The molecule has 0 spiro atoms. The van der Waals surface area contributed by atoms with Crippen molar-refractivity contribution >= 4 is 11.8 Å². The first-order valence-corrected chi connectivity index (χ1v) is 10.8. The van der Waals surface area contributed by atoms with Crippen molar-refractivity contribution in [2.24, 2.45) is 5.92 Å². The van der Waals surface area contributed by atoms with Gasteiger partial charge < -0.3 is 14.7 Å². The highest BCUT2D eigenvalue weighted by Crippen LogP contribution is 2.39. The molecule has 0 saturated heterocycles. The van der Waals surface area contributed by atoms with Crippen LogP contribution in [0, 0.1) is 19.8 Å². The topological polar surface area (TPSA) is 88.3 Å². The molecule has 0 bridgehead atoms. The summed E-state index contributed by atoms with van der Waals surface area (Å²) in [6.07, 6.45) is 1.08. The Kier molecular flexibility index (Phi) is 6.08. The molecule has 1 aromatic heterocycles. The van der Waals surface area contributed by atoms with Crippen molar-refractivity contribution in [3.05, 3.63) is 71.1 Å². The number of hydrogen-bond acceptors (Lipinski definition) is 5. The van der Waals surface area contributed by atoms with Crippen molar-refractivity contribution in [2.45, 2.75) is 38.6 Å². The molecule has 2 amide bonds. The molecular formula is C25H28N4O3. The molecule has 0 aliphatic heterocycles. The van der Waals surface area contributed by atoms with E-state index in [2.05, 4.69) is 15.5 Å². The average Bonchev–Trinajstić information content (AvgIpc) is 3.41. The number of rotatable bonds is 5. The molecule has 7 nitrogen and oxygen atoms in total. The molecule has 1 N–H and O–H groups in total. The molecule has 3 atom stereocenters. The molecule has 1 saturated carbocycles. The number of carbonyl (C=O) groups excluding carboxylic acids is 2. The van der Waals surface area contributed by atoms with Crippen molar-refractivity contribution in [1.29, 1.82) is 0 Å². The number of carbonyl (C=O) groups is 2. The van der Waals surface area contributed by atoms with E-state index in [-0.39, 0.29) is 29.7 Å². The Bertz CT molecular complexity index is 1120. The second-order valence-electron chi connectivity index (χ2n) is 8.73. The van der Waals surface area contributed by atoms with Crippen molar-refractivity contribution in [3.63, 3.8) is 0 Å². The van der Waals surface area contributed by atoms with Crippen LogP contribution in [0.25, 0.3) is 11.4 Å². The summed E-state index contributed by atoms with van der Waals surface area (Å²) in [7, 11) is 3.50. The predicted molar refractivity (Wildman–Crippen MR) is 121 cm³/mol. The molecule has 1 aliphatic rings. The lowest BCUT2D eigenvalue weighted by Crippen LogP contribution is -2.37. The SMILES string of the molecule is Cc1ccc(C(=O)N[C@H]2C[C@H](C(=O)N(C)C)C[C@H]2c2nc(-c3ccccc3)no2)c(C)c1. The lowest BCUT2D eigenvalue weighted by Gasteiger charge is -2.19. The number of amides is 2. The number of benzene rings is 2. The van der Waals surface area contributed by atoms with Gasteiger partial charge in [-0.25, -0.2) is 0 Å². The molecule has 32 heavy (non-hydrogen) atoms. The zero-order chi connectivity index (χ0) is 22.8. The lowest BCUT2D eigenvalue weighted by molar-refractivity contribution is -0.132. The minimum Gasteiger partial charge on any atom is -0.349 e. The van der Waals surface area contributed by atoms with Gasteiger partial charge in [0.2, 0.25) is 17.6 Å². The number of nitrogens with zero attached hydrogens (tertiary/aromatic N) is 3. The average molecular weight is 433 g/mol. The van der Waals surface area contributed by atoms with Gasteiger partial charge in [0.05, 0.1) is 5.92 Å². The number of nitrogens with one attached hydrogen (secondary N) is 1. The second-order valence-corrected chi connectivity index (χ2v) is 8.73. The van der Waals surface area contributed by atoms with Gasteiger partial charge in [0.25, 0.3) is 5.91 Å². The summed E-state index contributed by atoms with van der Waals surface area (Å²) in [5.74, 6) is 0.389. The van der Waals surface area contributed by atoms with Crippen molar-refractivity contribution in [1.82, 2.24) is 20.4 Å². The normalized spacial score (nSPS) is 20.2. The van der Waals surface area contributed by atoms with E-state index in [1.165, 1.54) is 0 Å². The molecule has 0 unspecified atom stereocenters. The lowest BCUT2D eigenvalue weighted by atomic mass is 10.0. The third-order valence-electron chi connectivity index (χ3n) is 6.09. The van der Waals surface area contributed by atoms with Crippen LogP contribution in [0.5, 0.6) is 0 Å². The molecule has 1 aliphatic carbocycles. The summed E-state index contributed by atoms with van der Waals surface area (Å²) in [5.41, 5.74) is 3.51. The van der Waals surface area contributed by atoms with Crippen LogP contribution in [0.3, 0.4) is 0 Å². The quantitative estimate of drug-likeness (QED) is 0.664. The fraction of sp³-hybridized carbons (Fsp3) is 0.360. The van der Waals surface area contributed by atoms with E-state index in [9.17, 15) is 9.59 Å². The molecule has 4 rings (SSSR count). The van der Waals surface area contributed by atoms with Crippen LogP contribution < -0.4 is 5.32 Å². The van der Waals surface area contributed by atoms with Crippen LogP contribution in [-0.2, 0) is 4.79 Å². The first kappa shape index (κ1) is 21.7. The van der Waals surface area contributed by atoms with Crippen molar-refractivity contribution in [2.75, 3.05) is 14.1 Å². The third-order valence-corrected chi connectivity index (χ3v) is 6.09. The molecule has 7 heteroatoms. The summed E-state index contributed by atoms with van der Waals surface area (Å²) >= 11 is 0. The molecule has 0 radical (unpaired) electrons. The van der Waals surface area contributed by atoms with Gasteiger partial charge in [-0.3, -0.25) is 9.59 Å². The largest absolute Gasteiger partial charge is 0.349 e. The van der Waals surface area contributed by atoms with E-state index in [1.54, 1.807) is 19.0 Å². The van der Waals surface area contributed by atoms with Crippen LogP contribution in [0.15, 0.2) is 53.1 Å². The molecule has 3 aromatic rings. The van der Waals surface area contributed by atoms with Crippen LogP contribution in [0.2, 0.25) is 0 Å². The zero-order valence-electron chi connectivity index (χ0n) is 18.8. The number of hydrogen-bond donors (Lipinski definition) is 1. The Morgan fingerprint density at radius 2 is 1.81 bits per heavy atom. The summed E-state index contributed by atoms with van der Waals surface area (Å²) in [6.45, 7) is 3.93. The van der Waals surface area contributed by atoms with Crippen LogP contribution in [0.1, 0.15) is 46.1 Å². The zero-order valence-corrected chi connectivity index (χ0v) is 18.8.